The summed E-state index contributed by atoms with van der Waals surface area (Å²) in [4.78, 5) is 12.8. The lowest BCUT2D eigenvalue weighted by molar-refractivity contribution is -0.116. The number of carbonyl (C=O) groups is 1. The number of sulfonamides is 1. The van der Waals surface area contributed by atoms with Crippen LogP contribution in [0.1, 0.15) is 18.1 Å². The molecule has 9 heteroatoms. The quantitative estimate of drug-likeness (QED) is 0.645. The van der Waals surface area contributed by atoms with Crippen molar-refractivity contribution in [2.75, 3.05) is 15.9 Å². The molecule has 0 aliphatic carbocycles. The lowest BCUT2D eigenvalue weighted by atomic mass is 10.2. The summed E-state index contributed by atoms with van der Waals surface area (Å²) in [6, 6.07) is 13.8. The van der Waals surface area contributed by atoms with E-state index in [2.05, 4.69) is 15.5 Å². The lowest BCUT2D eigenvalue weighted by Gasteiger charge is -2.27. The number of hydrogen-bond acceptors (Lipinski definition) is 6. The van der Waals surface area contributed by atoms with E-state index in [9.17, 15) is 13.2 Å². The van der Waals surface area contributed by atoms with Crippen LogP contribution in [0.5, 0.6) is 0 Å². The smallest absolute Gasteiger partial charge is 0.249 e. The minimum Gasteiger partial charge on any atom is -0.299 e. The second-order valence-corrected chi connectivity index (χ2v) is 9.67. The van der Waals surface area contributed by atoms with E-state index >= 15 is 0 Å². The summed E-state index contributed by atoms with van der Waals surface area (Å²) in [5.41, 5.74) is 3.46. The van der Waals surface area contributed by atoms with Crippen LogP contribution in [-0.2, 0) is 14.8 Å². The molecule has 0 bridgehead atoms. The first-order chi connectivity index (χ1) is 13.6. The van der Waals surface area contributed by atoms with E-state index in [4.69, 9.17) is 0 Å². The molecule has 0 spiro atoms. The fourth-order valence-electron chi connectivity index (χ4n) is 2.80. The van der Waals surface area contributed by atoms with E-state index in [1.807, 2.05) is 38.1 Å². The van der Waals surface area contributed by atoms with Crippen LogP contribution in [-0.4, -0.2) is 36.8 Å². The molecule has 1 atom stereocenters. The van der Waals surface area contributed by atoms with Crippen molar-refractivity contribution < 1.29 is 13.2 Å². The predicted molar refractivity (Wildman–Crippen MR) is 117 cm³/mol. The second-order valence-electron chi connectivity index (χ2n) is 6.84. The van der Waals surface area contributed by atoms with E-state index in [-0.39, 0.29) is 0 Å². The molecule has 1 N–H and O–H groups in total. The molecule has 0 aliphatic heterocycles. The molecule has 0 saturated carbocycles. The molecule has 152 valence electrons. The highest BCUT2D eigenvalue weighted by Gasteiger charge is 2.29. The highest BCUT2D eigenvalue weighted by molar-refractivity contribution is 7.92. The summed E-state index contributed by atoms with van der Waals surface area (Å²) in [5.74, 6) is -0.484. The first kappa shape index (κ1) is 20.9. The Morgan fingerprint density at radius 1 is 1.00 bits per heavy atom. The molecular formula is C20H22N4O3S2. The van der Waals surface area contributed by atoms with Gasteiger partial charge in [0.05, 0.1) is 11.9 Å². The Morgan fingerprint density at radius 2 is 1.55 bits per heavy atom. The second kappa shape index (κ2) is 8.30. The van der Waals surface area contributed by atoms with Gasteiger partial charge >= 0.3 is 0 Å². The van der Waals surface area contributed by atoms with E-state index < -0.39 is 22.0 Å². The molecule has 3 rings (SSSR count). The number of rotatable bonds is 6. The molecule has 29 heavy (non-hydrogen) atoms. The number of benzene rings is 2. The first-order valence-corrected chi connectivity index (χ1v) is 11.6. The topological polar surface area (TPSA) is 92.3 Å². The third-order valence-corrected chi connectivity index (χ3v) is 6.46. The molecule has 0 saturated heterocycles. The van der Waals surface area contributed by atoms with E-state index in [0.717, 1.165) is 27.3 Å². The van der Waals surface area contributed by atoms with Crippen molar-refractivity contribution in [1.82, 2.24) is 10.2 Å². The average Bonchev–Trinajstić information content (AvgIpc) is 3.11. The molecular weight excluding hydrogens is 408 g/mol. The van der Waals surface area contributed by atoms with Crippen molar-refractivity contribution >= 4 is 38.1 Å². The molecule has 1 amide bonds. The average molecular weight is 431 g/mol. The van der Waals surface area contributed by atoms with E-state index in [1.54, 1.807) is 24.3 Å². The summed E-state index contributed by atoms with van der Waals surface area (Å²) in [7, 11) is -3.67. The zero-order valence-electron chi connectivity index (χ0n) is 16.6. The zero-order chi connectivity index (χ0) is 21.2. The SMILES string of the molecule is Cc1ccc(-c2nnc(NC(=O)[C@@H](C)N(c3ccc(C)cc3)S(C)(=O)=O)s2)cc1. The molecule has 1 heterocycles. The van der Waals surface area contributed by atoms with Crippen LogP contribution >= 0.6 is 11.3 Å². The Balaban J connectivity index is 1.80. The molecule has 1 aromatic heterocycles. The van der Waals surface area contributed by atoms with Crippen molar-refractivity contribution in [2.45, 2.75) is 26.8 Å². The van der Waals surface area contributed by atoms with Gasteiger partial charge in [0.1, 0.15) is 11.0 Å². The van der Waals surface area contributed by atoms with Crippen molar-refractivity contribution in [3.05, 3.63) is 59.7 Å². The highest BCUT2D eigenvalue weighted by Crippen LogP contribution is 2.27. The van der Waals surface area contributed by atoms with Gasteiger partial charge in [-0.25, -0.2) is 8.42 Å². The van der Waals surface area contributed by atoms with Crippen LogP contribution in [0.4, 0.5) is 10.8 Å². The standard InChI is InChI=1S/C20H22N4O3S2/c1-13-5-9-16(10-6-13)19-22-23-20(28-19)21-18(25)15(3)24(29(4,26)27)17-11-7-14(2)8-12-17/h5-12,15H,1-4H3,(H,21,23,25)/t15-/m1/s1. The Morgan fingerprint density at radius 3 is 2.10 bits per heavy atom. The Bertz CT molecular complexity index is 1110. The van der Waals surface area contributed by atoms with Crippen LogP contribution in [0.2, 0.25) is 0 Å². The minimum atomic E-state index is -3.67. The van der Waals surface area contributed by atoms with Crippen LogP contribution in [0.15, 0.2) is 48.5 Å². The molecule has 0 aliphatic rings. The van der Waals surface area contributed by atoms with Gasteiger partial charge in [0.2, 0.25) is 21.1 Å². The normalized spacial score (nSPS) is 12.4. The number of anilines is 2. The summed E-state index contributed by atoms with van der Waals surface area (Å²) in [5, 5.41) is 11.8. The van der Waals surface area contributed by atoms with Crippen LogP contribution in [0.3, 0.4) is 0 Å². The van der Waals surface area contributed by atoms with Crippen LogP contribution < -0.4 is 9.62 Å². The molecule has 2 aromatic carbocycles. The van der Waals surface area contributed by atoms with Crippen molar-refractivity contribution in [2.24, 2.45) is 0 Å². The number of aromatic nitrogens is 2. The summed E-state index contributed by atoms with van der Waals surface area (Å²) < 4.78 is 25.8. The van der Waals surface area contributed by atoms with Crippen molar-refractivity contribution in [3.63, 3.8) is 0 Å². The maximum absolute atomic E-state index is 12.8. The number of aryl methyl sites for hydroxylation is 2. The Labute approximate surface area is 174 Å². The largest absolute Gasteiger partial charge is 0.299 e. The van der Waals surface area contributed by atoms with Gasteiger partial charge in [-0.05, 0) is 32.9 Å². The minimum absolute atomic E-state index is 0.315. The monoisotopic (exact) mass is 430 g/mol. The summed E-state index contributed by atoms with van der Waals surface area (Å²) >= 11 is 1.23. The molecule has 0 fully saturated rings. The zero-order valence-corrected chi connectivity index (χ0v) is 18.2. The van der Waals surface area contributed by atoms with Gasteiger partial charge in [0.25, 0.3) is 0 Å². The number of carbonyl (C=O) groups excluding carboxylic acids is 1. The van der Waals surface area contributed by atoms with Gasteiger partial charge in [-0.2, -0.15) is 0 Å². The summed E-state index contributed by atoms with van der Waals surface area (Å²) in [6.07, 6.45) is 1.08. The predicted octanol–water partition coefficient (Wildman–Crippen LogP) is 3.62. The van der Waals surface area contributed by atoms with Gasteiger partial charge in [0.15, 0.2) is 0 Å². The lowest BCUT2D eigenvalue weighted by Crippen LogP contribution is -2.45. The number of hydrogen-bond donors (Lipinski definition) is 1. The summed E-state index contributed by atoms with van der Waals surface area (Å²) in [6.45, 7) is 5.45. The number of amides is 1. The van der Waals surface area contributed by atoms with E-state index in [1.165, 1.54) is 18.3 Å². The van der Waals surface area contributed by atoms with Gasteiger partial charge in [-0.3, -0.25) is 14.4 Å². The van der Waals surface area contributed by atoms with Gasteiger partial charge in [0, 0.05) is 5.56 Å². The molecule has 7 nitrogen and oxygen atoms in total. The van der Waals surface area contributed by atoms with Crippen molar-refractivity contribution in [3.8, 4) is 10.6 Å². The van der Waals surface area contributed by atoms with Gasteiger partial charge in [-0.15, -0.1) is 10.2 Å². The maximum atomic E-state index is 12.8. The van der Waals surface area contributed by atoms with Crippen molar-refractivity contribution in [1.29, 1.82) is 0 Å². The maximum Gasteiger partial charge on any atom is 0.249 e. The third-order valence-electron chi connectivity index (χ3n) is 4.33. The fraction of sp³-hybridized carbons (Fsp3) is 0.250. The molecule has 0 radical (unpaired) electrons. The molecule has 0 unspecified atom stereocenters. The highest BCUT2D eigenvalue weighted by atomic mass is 32.2. The number of nitrogens with one attached hydrogen (secondary N) is 1. The van der Waals surface area contributed by atoms with E-state index in [0.29, 0.717) is 15.8 Å². The Kier molecular flexibility index (Phi) is 5.99. The number of nitrogens with zero attached hydrogens (tertiary/aromatic N) is 3. The first-order valence-electron chi connectivity index (χ1n) is 8.92. The van der Waals surface area contributed by atoms with Crippen LogP contribution in [0, 0.1) is 13.8 Å². The van der Waals surface area contributed by atoms with Gasteiger partial charge in [-0.1, -0.05) is 58.9 Å². The van der Waals surface area contributed by atoms with Gasteiger partial charge < -0.3 is 0 Å². The van der Waals surface area contributed by atoms with Crippen LogP contribution in [0.25, 0.3) is 10.6 Å². The Hall–Kier alpha value is -2.78. The third kappa shape index (κ3) is 4.99. The fourth-order valence-corrected chi connectivity index (χ4v) is 4.72. The molecule has 3 aromatic rings.